The molecule has 0 aliphatic rings. The van der Waals surface area contributed by atoms with Gasteiger partial charge in [0.1, 0.15) is 0 Å². The summed E-state index contributed by atoms with van der Waals surface area (Å²) in [6.45, 7) is 6.74. The van der Waals surface area contributed by atoms with Crippen molar-refractivity contribution in [2.75, 3.05) is 19.3 Å². The smallest absolute Gasteiger partial charge is 0.305 e. The molecule has 1 aromatic carbocycles. The third-order valence-electron chi connectivity index (χ3n) is 3.17. The number of amides is 1. The number of nitrogens with zero attached hydrogens (tertiary/aromatic N) is 1. The zero-order valence-electron chi connectivity index (χ0n) is 13.0. The van der Waals surface area contributed by atoms with Gasteiger partial charge in [-0.25, -0.2) is 0 Å². The minimum absolute atomic E-state index is 0.0206. The first-order valence-corrected chi connectivity index (χ1v) is 7.88. The van der Waals surface area contributed by atoms with Gasteiger partial charge in [-0.3, -0.25) is 9.59 Å². The number of benzene rings is 1. The Balaban J connectivity index is 2.48. The molecule has 116 valence electrons. The minimum Gasteiger partial charge on any atom is -0.481 e. The van der Waals surface area contributed by atoms with Crippen molar-refractivity contribution in [1.29, 1.82) is 0 Å². The summed E-state index contributed by atoms with van der Waals surface area (Å²) in [5.74, 6) is -0.619. The lowest BCUT2D eigenvalue weighted by atomic mass is 9.87. The molecule has 0 spiro atoms. The van der Waals surface area contributed by atoms with Crippen LogP contribution in [0.5, 0.6) is 0 Å². The first-order valence-electron chi connectivity index (χ1n) is 6.89. The number of carboxylic acids is 1. The van der Waals surface area contributed by atoms with Crippen LogP contribution in [-0.2, 0) is 15.0 Å². The second-order valence-corrected chi connectivity index (χ2v) is 7.07. The predicted octanol–water partition coefficient (Wildman–Crippen LogP) is 3.01. The van der Waals surface area contributed by atoms with Gasteiger partial charge in [-0.1, -0.05) is 32.9 Å². The van der Waals surface area contributed by atoms with Gasteiger partial charge in [0.25, 0.3) is 0 Å². The van der Waals surface area contributed by atoms with Crippen molar-refractivity contribution in [3.63, 3.8) is 0 Å². The zero-order valence-corrected chi connectivity index (χ0v) is 13.9. The van der Waals surface area contributed by atoms with Gasteiger partial charge >= 0.3 is 5.97 Å². The van der Waals surface area contributed by atoms with Crippen LogP contribution in [-0.4, -0.2) is 41.2 Å². The fourth-order valence-electron chi connectivity index (χ4n) is 1.69. The van der Waals surface area contributed by atoms with Crippen LogP contribution in [0.1, 0.15) is 32.8 Å². The standard InChI is InChI=1S/C16H23NO3S/c1-16(2,3)12-5-7-13(8-6-12)21-11-14(18)17(4)10-9-15(19)20/h5-8H,9-11H2,1-4H3,(H,19,20). The van der Waals surface area contributed by atoms with E-state index in [0.717, 1.165) is 4.90 Å². The van der Waals surface area contributed by atoms with Gasteiger partial charge in [-0.05, 0) is 23.1 Å². The third-order valence-corrected chi connectivity index (χ3v) is 4.17. The third kappa shape index (κ3) is 6.21. The minimum atomic E-state index is -0.889. The molecule has 0 bridgehead atoms. The Morgan fingerprint density at radius 3 is 2.24 bits per heavy atom. The van der Waals surface area contributed by atoms with Crippen LogP contribution in [0.4, 0.5) is 0 Å². The molecule has 21 heavy (non-hydrogen) atoms. The molecule has 1 N–H and O–H groups in total. The highest BCUT2D eigenvalue weighted by Gasteiger charge is 2.14. The quantitative estimate of drug-likeness (QED) is 0.821. The Labute approximate surface area is 130 Å². The number of rotatable bonds is 6. The molecule has 0 aliphatic heterocycles. The number of carboxylic acid groups (broad SMARTS) is 1. The summed E-state index contributed by atoms with van der Waals surface area (Å²) in [5.41, 5.74) is 1.38. The number of carbonyl (C=O) groups is 2. The topological polar surface area (TPSA) is 57.6 Å². The van der Waals surface area contributed by atoms with E-state index in [1.54, 1.807) is 7.05 Å². The lowest BCUT2D eigenvalue weighted by Gasteiger charge is -2.19. The number of thioether (sulfide) groups is 1. The Morgan fingerprint density at radius 1 is 1.19 bits per heavy atom. The fourth-order valence-corrected chi connectivity index (χ4v) is 2.53. The molecule has 0 aliphatic carbocycles. The summed E-state index contributed by atoms with van der Waals surface area (Å²) >= 11 is 1.47. The maximum absolute atomic E-state index is 11.9. The molecule has 1 amide bonds. The Kier molecular flexibility index (Phi) is 6.27. The first-order chi connectivity index (χ1) is 9.70. The van der Waals surface area contributed by atoms with E-state index < -0.39 is 5.97 Å². The van der Waals surface area contributed by atoms with Crippen LogP contribution < -0.4 is 0 Å². The average Bonchev–Trinajstić information content (AvgIpc) is 2.41. The summed E-state index contributed by atoms with van der Waals surface area (Å²) in [5, 5.41) is 8.60. The first kappa shape index (κ1) is 17.6. The van der Waals surface area contributed by atoms with Crippen LogP contribution >= 0.6 is 11.8 Å². The van der Waals surface area contributed by atoms with E-state index >= 15 is 0 Å². The number of hydrogen-bond donors (Lipinski definition) is 1. The van der Waals surface area contributed by atoms with Crippen molar-refractivity contribution >= 4 is 23.6 Å². The van der Waals surface area contributed by atoms with E-state index in [9.17, 15) is 9.59 Å². The lowest BCUT2D eigenvalue weighted by molar-refractivity contribution is -0.137. The maximum Gasteiger partial charge on any atom is 0.305 e. The lowest BCUT2D eigenvalue weighted by Crippen LogP contribution is -2.30. The van der Waals surface area contributed by atoms with Gasteiger partial charge in [-0.15, -0.1) is 11.8 Å². The molecule has 0 fully saturated rings. The van der Waals surface area contributed by atoms with Gasteiger partial charge in [-0.2, -0.15) is 0 Å². The van der Waals surface area contributed by atoms with Gasteiger partial charge in [0, 0.05) is 18.5 Å². The molecule has 0 atom stereocenters. The number of carbonyl (C=O) groups excluding carboxylic acids is 1. The normalized spacial score (nSPS) is 11.2. The van der Waals surface area contributed by atoms with E-state index in [1.165, 1.54) is 22.2 Å². The van der Waals surface area contributed by atoms with E-state index in [4.69, 9.17) is 5.11 Å². The molecule has 0 radical (unpaired) electrons. The van der Waals surface area contributed by atoms with Crippen molar-refractivity contribution in [2.24, 2.45) is 0 Å². The Morgan fingerprint density at radius 2 is 1.76 bits per heavy atom. The average molecular weight is 309 g/mol. The molecule has 0 unspecified atom stereocenters. The monoisotopic (exact) mass is 309 g/mol. The summed E-state index contributed by atoms with van der Waals surface area (Å²) in [7, 11) is 1.63. The van der Waals surface area contributed by atoms with E-state index in [1.807, 2.05) is 12.1 Å². The molecular weight excluding hydrogens is 286 g/mol. The highest BCUT2D eigenvalue weighted by Crippen LogP contribution is 2.25. The highest BCUT2D eigenvalue weighted by molar-refractivity contribution is 8.00. The van der Waals surface area contributed by atoms with Crippen molar-refractivity contribution < 1.29 is 14.7 Å². The molecule has 0 heterocycles. The summed E-state index contributed by atoms with van der Waals surface area (Å²) in [6, 6.07) is 8.22. The highest BCUT2D eigenvalue weighted by atomic mass is 32.2. The van der Waals surface area contributed by atoms with E-state index in [-0.39, 0.29) is 24.3 Å². The fraction of sp³-hybridized carbons (Fsp3) is 0.500. The van der Waals surface area contributed by atoms with Crippen molar-refractivity contribution in [2.45, 2.75) is 37.5 Å². The summed E-state index contributed by atoms with van der Waals surface area (Å²) in [6.07, 6.45) is -0.0206. The molecule has 0 aromatic heterocycles. The largest absolute Gasteiger partial charge is 0.481 e. The van der Waals surface area contributed by atoms with Crippen molar-refractivity contribution in [3.8, 4) is 0 Å². The molecule has 0 saturated carbocycles. The predicted molar refractivity (Wildman–Crippen MR) is 85.8 cm³/mol. The van der Waals surface area contributed by atoms with E-state index in [0.29, 0.717) is 5.75 Å². The van der Waals surface area contributed by atoms with Crippen LogP contribution in [0.15, 0.2) is 29.2 Å². The van der Waals surface area contributed by atoms with Crippen LogP contribution in [0.3, 0.4) is 0 Å². The maximum atomic E-state index is 11.9. The molecule has 0 saturated heterocycles. The van der Waals surface area contributed by atoms with Crippen LogP contribution in [0.2, 0.25) is 0 Å². The van der Waals surface area contributed by atoms with Crippen LogP contribution in [0.25, 0.3) is 0 Å². The van der Waals surface area contributed by atoms with Gasteiger partial charge in [0.15, 0.2) is 0 Å². The second-order valence-electron chi connectivity index (χ2n) is 6.02. The molecular formula is C16H23NO3S. The summed E-state index contributed by atoms with van der Waals surface area (Å²) in [4.78, 5) is 24.9. The SMILES string of the molecule is CN(CCC(=O)O)C(=O)CSc1ccc(C(C)(C)C)cc1. The van der Waals surface area contributed by atoms with Gasteiger partial charge in [0.05, 0.1) is 12.2 Å². The second kappa shape index (κ2) is 7.50. The molecule has 4 nitrogen and oxygen atoms in total. The molecule has 1 aromatic rings. The summed E-state index contributed by atoms with van der Waals surface area (Å²) < 4.78 is 0. The van der Waals surface area contributed by atoms with Crippen LogP contribution in [0, 0.1) is 0 Å². The van der Waals surface area contributed by atoms with Gasteiger partial charge in [0.2, 0.25) is 5.91 Å². The van der Waals surface area contributed by atoms with E-state index in [2.05, 4.69) is 32.9 Å². The Bertz CT molecular complexity index is 491. The van der Waals surface area contributed by atoms with Crippen molar-refractivity contribution in [3.05, 3.63) is 29.8 Å². The Hall–Kier alpha value is -1.49. The number of hydrogen-bond acceptors (Lipinski definition) is 3. The van der Waals surface area contributed by atoms with Gasteiger partial charge < -0.3 is 10.0 Å². The number of aliphatic carboxylic acids is 1. The van der Waals surface area contributed by atoms with Crippen molar-refractivity contribution in [1.82, 2.24) is 4.90 Å². The molecule has 1 rings (SSSR count). The zero-order chi connectivity index (χ0) is 16.0. The molecule has 5 heteroatoms.